The number of rotatable bonds is 3. The number of benzene rings is 1. The van der Waals surface area contributed by atoms with Gasteiger partial charge in [-0.25, -0.2) is 13.2 Å². The Balaban J connectivity index is 1.42. The molecule has 1 aromatic carbocycles. The minimum absolute atomic E-state index is 0.189. The highest BCUT2D eigenvalue weighted by molar-refractivity contribution is 7.89. The Labute approximate surface area is 164 Å². The van der Waals surface area contributed by atoms with E-state index in [2.05, 4.69) is 19.9 Å². The maximum atomic E-state index is 12.6. The molecule has 0 saturated carbocycles. The van der Waals surface area contributed by atoms with Crippen LogP contribution in [0.15, 0.2) is 47.6 Å². The number of carbonyl (C=O) groups excluding carboxylic acids is 1. The lowest BCUT2D eigenvalue weighted by atomic mass is 9.96. The van der Waals surface area contributed by atoms with Crippen molar-refractivity contribution in [2.45, 2.75) is 29.9 Å². The molecule has 1 aromatic heterocycles. The van der Waals surface area contributed by atoms with Gasteiger partial charge in [0.2, 0.25) is 10.0 Å². The van der Waals surface area contributed by atoms with E-state index in [1.54, 1.807) is 24.4 Å². The number of pyridine rings is 1. The van der Waals surface area contributed by atoms with Crippen molar-refractivity contribution in [2.24, 2.45) is 0 Å². The molecule has 3 heterocycles. The first-order valence-corrected chi connectivity index (χ1v) is 10.5. The number of likely N-dealkylation sites (tertiary alicyclic amines) is 1. The summed E-state index contributed by atoms with van der Waals surface area (Å²) < 4.78 is 32.7. The largest absolute Gasteiger partial charge is 0.465 e. The maximum absolute atomic E-state index is 12.6. The number of hydrogen-bond donors (Lipinski definition) is 2. The molecule has 0 amide bonds. The van der Waals surface area contributed by atoms with Gasteiger partial charge in [-0.1, -0.05) is 12.1 Å². The molecule has 0 atom stereocenters. The lowest BCUT2D eigenvalue weighted by molar-refractivity contribution is 0.0600. The van der Waals surface area contributed by atoms with Gasteiger partial charge in [-0.2, -0.15) is 4.72 Å². The molecule has 9 heteroatoms. The first-order chi connectivity index (χ1) is 13.4. The normalized spacial score (nSPS) is 20.2. The summed E-state index contributed by atoms with van der Waals surface area (Å²) in [6.45, 7) is 2.23. The molecule has 0 unspecified atom stereocenters. The predicted octanol–water partition coefficient (Wildman–Crippen LogP) is 1.56. The Morgan fingerprint density at radius 1 is 1.21 bits per heavy atom. The van der Waals surface area contributed by atoms with Gasteiger partial charge in [-0.05, 0) is 36.6 Å². The van der Waals surface area contributed by atoms with E-state index >= 15 is 0 Å². The summed E-state index contributed by atoms with van der Waals surface area (Å²) in [5, 5.41) is 3.37. The summed E-state index contributed by atoms with van der Waals surface area (Å²) in [7, 11) is -2.22. The first-order valence-electron chi connectivity index (χ1n) is 9.07. The van der Waals surface area contributed by atoms with Crippen LogP contribution in [0.1, 0.15) is 28.8 Å². The monoisotopic (exact) mass is 402 g/mol. The van der Waals surface area contributed by atoms with E-state index in [9.17, 15) is 13.2 Å². The summed E-state index contributed by atoms with van der Waals surface area (Å²) >= 11 is 0. The predicted molar refractivity (Wildman–Crippen MR) is 103 cm³/mol. The number of nitrogens with zero attached hydrogens (tertiary/aromatic N) is 2. The first kappa shape index (κ1) is 18.9. The number of esters is 1. The molecule has 28 heavy (non-hydrogen) atoms. The number of sulfonamides is 1. The van der Waals surface area contributed by atoms with E-state index in [1.807, 2.05) is 12.1 Å². The van der Waals surface area contributed by atoms with E-state index < -0.39 is 15.7 Å². The van der Waals surface area contributed by atoms with Crippen molar-refractivity contribution in [3.63, 3.8) is 0 Å². The van der Waals surface area contributed by atoms with E-state index in [0.29, 0.717) is 24.1 Å². The van der Waals surface area contributed by atoms with Crippen LogP contribution in [0.4, 0.5) is 5.69 Å². The summed E-state index contributed by atoms with van der Waals surface area (Å²) in [6.07, 6.45) is 4.25. The molecule has 0 aliphatic carbocycles. The van der Waals surface area contributed by atoms with Gasteiger partial charge >= 0.3 is 5.97 Å². The Morgan fingerprint density at radius 3 is 2.61 bits per heavy atom. The summed E-state index contributed by atoms with van der Waals surface area (Å²) in [5.41, 5.74) is 1.55. The molecule has 2 aliphatic rings. The molecule has 0 bridgehead atoms. The number of nitrogens with one attached hydrogen (secondary N) is 2. The summed E-state index contributed by atoms with van der Waals surface area (Å²) in [5.74, 6) is -0.349. The van der Waals surface area contributed by atoms with Crippen molar-refractivity contribution in [1.29, 1.82) is 0 Å². The van der Waals surface area contributed by atoms with Crippen LogP contribution < -0.4 is 10.0 Å². The molecular formula is C19H22N4O4S. The Hall–Kier alpha value is -2.49. The van der Waals surface area contributed by atoms with Crippen LogP contribution in [0, 0.1) is 0 Å². The van der Waals surface area contributed by atoms with Gasteiger partial charge in [-0.3, -0.25) is 9.88 Å². The van der Waals surface area contributed by atoms with E-state index in [0.717, 1.165) is 25.2 Å². The van der Waals surface area contributed by atoms with Gasteiger partial charge in [0, 0.05) is 32.0 Å². The minimum atomic E-state index is -3.58. The molecule has 1 fully saturated rings. The molecule has 1 spiro atoms. The second-order valence-corrected chi connectivity index (χ2v) is 8.80. The Morgan fingerprint density at radius 2 is 1.93 bits per heavy atom. The van der Waals surface area contributed by atoms with Crippen molar-refractivity contribution in [1.82, 2.24) is 14.6 Å². The number of fused-ring (bicyclic) bond motifs is 1. The van der Waals surface area contributed by atoms with E-state index in [4.69, 9.17) is 4.74 Å². The summed E-state index contributed by atoms with van der Waals surface area (Å²) in [4.78, 5) is 17.9. The average Bonchev–Trinajstić information content (AvgIpc) is 2.69. The fourth-order valence-electron chi connectivity index (χ4n) is 3.74. The number of carbonyl (C=O) groups is 1. The van der Waals surface area contributed by atoms with Crippen molar-refractivity contribution >= 4 is 21.7 Å². The number of aromatic nitrogens is 1. The van der Waals surface area contributed by atoms with E-state index in [1.165, 1.54) is 13.3 Å². The smallest absolute Gasteiger partial charge is 0.337 e. The second kappa shape index (κ2) is 7.16. The number of anilines is 1. The molecule has 1 saturated heterocycles. The maximum Gasteiger partial charge on any atom is 0.337 e. The average molecular weight is 402 g/mol. The second-order valence-electron chi connectivity index (χ2n) is 7.15. The molecule has 8 nitrogen and oxygen atoms in total. The number of piperidine rings is 1. The van der Waals surface area contributed by atoms with Gasteiger partial charge in [0.15, 0.2) is 0 Å². The van der Waals surface area contributed by atoms with Crippen LogP contribution in [0.25, 0.3) is 0 Å². The highest BCUT2D eigenvalue weighted by Crippen LogP contribution is 2.34. The molecule has 4 rings (SSSR count). The van der Waals surface area contributed by atoms with Gasteiger partial charge in [0.1, 0.15) is 10.6 Å². The molecule has 2 N–H and O–H groups in total. The number of ether oxygens (including phenoxy) is 1. The van der Waals surface area contributed by atoms with Crippen LogP contribution in [0.5, 0.6) is 0 Å². The van der Waals surface area contributed by atoms with Crippen molar-refractivity contribution in [2.75, 3.05) is 25.5 Å². The van der Waals surface area contributed by atoms with Crippen molar-refractivity contribution < 1.29 is 17.9 Å². The Kier molecular flexibility index (Phi) is 4.82. The summed E-state index contributed by atoms with van der Waals surface area (Å²) in [6, 6.07) is 9.05. The molecule has 2 aromatic rings. The van der Waals surface area contributed by atoms with Gasteiger partial charge in [-0.15, -0.1) is 0 Å². The standard InChI is InChI=1S/C19H22N4O4S/c1-27-18(24)15-4-2-14(3-5-15)13-23-10-7-19(8-11-23)21-16-6-9-20-12-17(16)28(25,26)22-19/h2-6,9,12,21-22H,7-8,10-11,13H2,1H3. The third kappa shape index (κ3) is 3.60. The topological polar surface area (TPSA) is 101 Å². The molecule has 148 valence electrons. The van der Waals surface area contributed by atoms with Gasteiger partial charge in [0.25, 0.3) is 0 Å². The van der Waals surface area contributed by atoms with Gasteiger partial charge < -0.3 is 10.1 Å². The number of hydrogen-bond acceptors (Lipinski definition) is 7. The third-order valence-electron chi connectivity index (χ3n) is 5.27. The zero-order valence-electron chi connectivity index (χ0n) is 15.5. The molecule has 2 aliphatic heterocycles. The van der Waals surface area contributed by atoms with Crippen LogP contribution >= 0.6 is 0 Å². The van der Waals surface area contributed by atoms with Crippen LogP contribution in [-0.4, -0.2) is 50.1 Å². The van der Waals surface area contributed by atoms with Crippen molar-refractivity contribution in [3.05, 3.63) is 53.9 Å². The quantitative estimate of drug-likeness (QED) is 0.752. The van der Waals surface area contributed by atoms with Crippen LogP contribution in [-0.2, 0) is 21.3 Å². The minimum Gasteiger partial charge on any atom is -0.465 e. The highest BCUT2D eigenvalue weighted by atomic mass is 32.2. The zero-order chi connectivity index (χ0) is 19.8. The molecule has 0 radical (unpaired) electrons. The third-order valence-corrected chi connectivity index (χ3v) is 6.83. The van der Waals surface area contributed by atoms with E-state index in [-0.39, 0.29) is 10.9 Å². The SMILES string of the molecule is COC(=O)c1ccc(CN2CCC3(CC2)Nc2ccncc2S(=O)(=O)N3)cc1. The van der Waals surface area contributed by atoms with Crippen LogP contribution in [0.3, 0.4) is 0 Å². The lowest BCUT2D eigenvalue weighted by Gasteiger charge is -2.45. The highest BCUT2D eigenvalue weighted by Gasteiger charge is 2.43. The zero-order valence-corrected chi connectivity index (χ0v) is 16.3. The van der Waals surface area contributed by atoms with Gasteiger partial charge in [0.05, 0.1) is 18.4 Å². The number of methoxy groups -OCH3 is 1. The lowest BCUT2D eigenvalue weighted by Crippen LogP contribution is -2.61. The van der Waals surface area contributed by atoms with Crippen LogP contribution in [0.2, 0.25) is 0 Å². The fourth-order valence-corrected chi connectivity index (χ4v) is 5.22. The Bertz CT molecular complexity index is 983. The van der Waals surface area contributed by atoms with Crippen molar-refractivity contribution in [3.8, 4) is 0 Å². The fraction of sp³-hybridized carbons (Fsp3) is 0.368. The molecular weight excluding hydrogens is 380 g/mol.